The van der Waals surface area contributed by atoms with E-state index >= 15 is 0 Å². The monoisotopic (exact) mass is 739 g/mol. The SMILES string of the molecule is CC1=C(/C=C/C2=C(Cl)C(=C/C=C3/N(C)c4ccc5cc(S(=O)(=O)[O-])ccc5c4C3(C)C)/CCC2)C(C)(C)c2c1ccc1cc(SOO[O-])ccc21. The molecule has 0 aromatic heterocycles. The number of anilines is 1. The lowest BCUT2D eigenvalue weighted by molar-refractivity contribution is -0.777. The van der Waals surface area contributed by atoms with Crippen LogP contribution < -0.4 is 10.2 Å². The van der Waals surface area contributed by atoms with Crippen LogP contribution >= 0.6 is 23.6 Å². The number of benzene rings is 4. The van der Waals surface area contributed by atoms with Gasteiger partial charge in [-0.15, -0.1) is 0 Å². The molecule has 0 radical (unpaired) electrons. The molecule has 0 unspecified atom stereocenters. The Morgan fingerprint density at radius 2 is 1.59 bits per heavy atom. The Kier molecular flexibility index (Phi) is 9.16. The van der Waals surface area contributed by atoms with Crippen LogP contribution in [0.1, 0.15) is 70.6 Å². The number of rotatable bonds is 7. The third-order valence-corrected chi connectivity index (χ3v) is 12.7. The molecule has 264 valence electrons. The average Bonchev–Trinajstić information content (AvgIpc) is 3.41. The number of likely N-dealkylation sites (N-methyl/N-ethyl adjacent to an activating group) is 1. The van der Waals surface area contributed by atoms with Crippen molar-refractivity contribution in [2.24, 2.45) is 0 Å². The van der Waals surface area contributed by atoms with E-state index < -0.39 is 10.1 Å². The molecule has 2 aliphatic carbocycles. The molecule has 1 heterocycles. The molecule has 10 heteroatoms. The fraction of sp³-hybridized carbons (Fsp3) is 0.268. The molecule has 0 atom stereocenters. The Balaban J connectivity index is 1.19. The summed E-state index contributed by atoms with van der Waals surface area (Å²) in [5, 5.41) is 18.5. The van der Waals surface area contributed by atoms with Gasteiger partial charge in [0.15, 0.2) is 0 Å². The van der Waals surface area contributed by atoms with E-state index in [0.29, 0.717) is 0 Å². The maximum absolute atomic E-state index is 11.7. The summed E-state index contributed by atoms with van der Waals surface area (Å²) < 4.78 is 39.6. The summed E-state index contributed by atoms with van der Waals surface area (Å²) >= 11 is 8.05. The molecule has 0 spiro atoms. The van der Waals surface area contributed by atoms with Crippen LogP contribution in [0.4, 0.5) is 5.69 Å². The topological polar surface area (TPSA) is 102 Å². The summed E-state index contributed by atoms with van der Waals surface area (Å²) in [7, 11) is -2.50. The van der Waals surface area contributed by atoms with E-state index in [0.717, 1.165) is 90.9 Å². The van der Waals surface area contributed by atoms with Crippen molar-refractivity contribution in [2.45, 2.75) is 74.5 Å². The number of fused-ring (bicyclic) bond motifs is 6. The molecule has 0 fully saturated rings. The van der Waals surface area contributed by atoms with Gasteiger partial charge in [0, 0.05) is 39.2 Å². The zero-order valence-electron chi connectivity index (χ0n) is 29.3. The fourth-order valence-electron chi connectivity index (χ4n) is 8.44. The van der Waals surface area contributed by atoms with Gasteiger partial charge in [-0.2, -0.15) is 4.33 Å². The Bertz CT molecular complexity index is 2400. The van der Waals surface area contributed by atoms with Gasteiger partial charge in [-0.05, 0) is 123 Å². The van der Waals surface area contributed by atoms with Crippen molar-refractivity contribution in [3.8, 4) is 0 Å². The van der Waals surface area contributed by atoms with Gasteiger partial charge in [-0.3, -0.25) is 5.04 Å². The second-order valence-corrected chi connectivity index (χ2v) is 17.0. The Morgan fingerprint density at radius 1 is 0.882 bits per heavy atom. The highest BCUT2D eigenvalue weighted by Crippen LogP contribution is 2.52. The summed E-state index contributed by atoms with van der Waals surface area (Å²) in [6, 6.07) is 18.8. The van der Waals surface area contributed by atoms with Crippen molar-refractivity contribution in [3.05, 3.63) is 129 Å². The van der Waals surface area contributed by atoms with Crippen molar-refractivity contribution in [1.82, 2.24) is 0 Å². The predicted molar refractivity (Wildman–Crippen MR) is 203 cm³/mol. The molecule has 4 aromatic rings. The first kappa shape index (κ1) is 35.7. The van der Waals surface area contributed by atoms with Crippen LogP contribution in [0.25, 0.3) is 27.1 Å². The van der Waals surface area contributed by atoms with Crippen molar-refractivity contribution < 1.29 is 27.6 Å². The molecule has 7 nitrogen and oxygen atoms in total. The van der Waals surface area contributed by atoms with Crippen LogP contribution in [0.5, 0.6) is 0 Å². The van der Waals surface area contributed by atoms with E-state index in [1.165, 1.54) is 34.4 Å². The van der Waals surface area contributed by atoms with E-state index in [9.17, 15) is 18.2 Å². The first-order chi connectivity index (χ1) is 24.1. The van der Waals surface area contributed by atoms with Crippen LogP contribution in [0, 0.1) is 0 Å². The molecule has 3 aliphatic rings. The van der Waals surface area contributed by atoms with E-state index in [4.69, 9.17) is 11.6 Å². The van der Waals surface area contributed by atoms with Crippen LogP contribution in [0.15, 0.2) is 122 Å². The largest absolute Gasteiger partial charge is 0.744 e. The van der Waals surface area contributed by atoms with Crippen molar-refractivity contribution in [1.29, 1.82) is 0 Å². The third kappa shape index (κ3) is 6.08. The number of hydrogen-bond donors (Lipinski definition) is 0. The standard InChI is InChI=1S/C41H40ClNO6S2/c1-24-31-16-10-27-22-29(50-49-48-44)14-17-32(27)37(31)40(2,3)34(24)19-11-25-8-7-9-26(39(25)42)13-21-36-41(4,5)38-33-18-15-30(51(45,46)47)23-28(33)12-20-35(38)43(36)6/h10-23,44H,7-9H2,1-6H3,(H,45,46,47)/p-2/b19-11+,26-13+,36-21+. The molecule has 0 saturated heterocycles. The van der Waals surface area contributed by atoms with Gasteiger partial charge in [-0.25, -0.2) is 8.42 Å². The minimum atomic E-state index is -4.55. The summed E-state index contributed by atoms with van der Waals surface area (Å²) in [6.45, 7) is 11.0. The molecule has 4 aromatic carbocycles. The minimum Gasteiger partial charge on any atom is -0.744 e. The van der Waals surface area contributed by atoms with Crippen LogP contribution in [0.2, 0.25) is 0 Å². The lowest BCUT2D eigenvalue weighted by Crippen LogP contribution is -2.22. The Hall–Kier alpha value is -3.67. The van der Waals surface area contributed by atoms with E-state index in [1.54, 1.807) is 6.07 Å². The van der Waals surface area contributed by atoms with Gasteiger partial charge in [0.25, 0.3) is 0 Å². The van der Waals surface area contributed by atoms with E-state index in [1.807, 2.05) is 31.3 Å². The zero-order valence-corrected chi connectivity index (χ0v) is 31.7. The average molecular weight is 740 g/mol. The highest BCUT2D eigenvalue weighted by Gasteiger charge is 2.40. The van der Waals surface area contributed by atoms with Gasteiger partial charge >= 0.3 is 0 Å². The third-order valence-electron chi connectivity index (χ3n) is 10.9. The van der Waals surface area contributed by atoms with Crippen LogP contribution in [0.3, 0.4) is 0 Å². The van der Waals surface area contributed by atoms with Crippen LogP contribution in [-0.4, -0.2) is 20.0 Å². The molecule has 7 rings (SSSR count). The number of halogens is 1. The predicted octanol–water partition coefficient (Wildman–Crippen LogP) is 9.66. The quantitative estimate of drug-likeness (QED) is 0.0799. The maximum atomic E-state index is 11.7. The van der Waals surface area contributed by atoms with Crippen LogP contribution in [-0.2, 0) is 30.3 Å². The lowest BCUT2D eigenvalue weighted by atomic mass is 9.78. The van der Waals surface area contributed by atoms with E-state index in [2.05, 4.69) is 91.4 Å². The van der Waals surface area contributed by atoms with Crippen molar-refractivity contribution in [3.63, 3.8) is 0 Å². The second-order valence-electron chi connectivity index (χ2n) is 14.5. The summed E-state index contributed by atoms with van der Waals surface area (Å²) in [6.07, 6.45) is 11.5. The van der Waals surface area contributed by atoms with Gasteiger partial charge in [0.05, 0.1) is 16.9 Å². The van der Waals surface area contributed by atoms with Crippen molar-refractivity contribution in [2.75, 3.05) is 11.9 Å². The number of allylic oxidation sites excluding steroid dienone is 10. The summed E-state index contributed by atoms with van der Waals surface area (Å²) in [4.78, 5) is 2.74. The zero-order chi connectivity index (χ0) is 36.5. The molecule has 0 amide bonds. The first-order valence-electron chi connectivity index (χ1n) is 16.8. The number of hydrogen-bond acceptors (Lipinski definition) is 8. The summed E-state index contributed by atoms with van der Waals surface area (Å²) in [5.74, 6) is 0. The fourth-order valence-corrected chi connectivity index (χ4v) is 9.66. The normalized spacial score (nSPS) is 20.1. The van der Waals surface area contributed by atoms with Gasteiger partial charge in [0.1, 0.15) is 10.1 Å². The molecular weight excluding hydrogens is 702 g/mol. The molecule has 1 aliphatic heterocycles. The maximum Gasteiger partial charge on any atom is 0.124 e. The van der Waals surface area contributed by atoms with Gasteiger partial charge in [-0.1, -0.05) is 87.9 Å². The van der Waals surface area contributed by atoms with Crippen molar-refractivity contribution >= 4 is 66.6 Å². The smallest absolute Gasteiger partial charge is 0.124 e. The Labute approximate surface area is 308 Å². The second kappa shape index (κ2) is 13.1. The first-order valence-corrected chi connectivity index (χ1v) is 19.3. The molecular formula is C41H38ClNO6S2-2. The van der Waals surface area contributed by atoms with Gasteiger partial charge in [0.2, 0.25) is 0 Å². The number of nitrogens with zero attached hydrogens (tertiary/aromatic N) is 1. The summed E-state index contributed by atoms with van der Waals surface area (Å²) in [5.41, 5.74) is 9.81. The molecule has 51 heavy (non-hydrogen) atoms. The molecule has 0 bridgehead atoms. The highest BCUT2D eigenvalue weighted by atomic mass is 35.5. The van der Waals surface area contributed by atoms with E-state index in [-0.39, 0.29) is 15.7 Å². The lowest BCUT2D eigenvalue weighted by Gasteiger charge is -2.25. The molecule has 0 saturated carbocycles. The van der Waals surface area contributed by atoms with Gasteiger partial charge < -0.3 is 14.7 Å². The Morgan fingerprint density at radius 3 is 2.33 bits per heavy atom. The highest BCUT2D eigenvalue weighted by molar-refractivity contribution is 7.94. The minimum absolute atomic E-state index is 0.224. The molecule has 0 N–H and O–H groups in total.